The van der Waals surface area contributed by atoms with Crippen molar-refractivity contribution in [3.8, 4) is 0 Å². The van der Waals surface area contributed by atoms with E-state index in [1.54, 1.807) is 6.07 Å². The zero-order valence-corrected chi connectivity index (χ0v) is 12.0. The molecule has 3 N–H and O–H groups in total. The summed E-state index contributed by atoms with van der Waals surface area (Å²) in [6.07, 6.45) is 2.87. The van der Waals surface area contributed by atoms with Crippen LogP contribution in [0.15, 0.2) is 18.2 Å². The molecule has 114 valence electrons. The fourth-order valence-corrected chi connectivity index (χ4v) is 2.38. The summed E-state index contributed by atoms with van der Waals surface area (Å²) in [5, 5.41) is 23.0. The fraction of sp³-hybridized carbons (Fsp3) is 0.500. The molecule has 21 heavy (non-hydrogen) atoms. The van der Waals surface area contributed by atoms with Crippen molar-refractivity contribution in [3.05, 3.63) is 28.3 Å². The van der Waals surface area contributed by atoms with Crippen molar-refractivity contribution in [1.82, 2.24) is 9.97 Å². The Balaban J connectivity index is 2.06. The number of aromatic nitrogens is 2. The highest BCUT2D eigenvalue weighted by Crippen LogP contribution is 2.21. The maximum Gasteiger partial charge on any atom is 0.271 e. The third kappa shape index (κ3) is 3.91. The average molecular weight is 292 g/mol. The van der Waals surface area contributed by atoms with Crippen molar-refractivity contribution in [2.45, 2.75) is 26.2 Å². The number of imidazole rings is 1. The van der Waals surface area contributed by atoms with Gasteiger partial charge in [0.2, 0.25) is 5.95 Å². The Bertz CT molecular complexity index is 605. The molecule has 0 radical (unpaired) electrons. The molecule has 0 saturated carbocycles. The number of aromatic amines is 1. The predicted molar refractivity (Wildman–Crippen MR) is 81.3 cm³/mol. The maximum absolute atomic E-state index is 10.7. The maximum atomic E-state index is 10.7. The Morgan fingerprint density at radius 3 is 2.95 bits per heavy atom. The highest BCUT2D eigenvalue weighted by atomic mass is 16.6. The molecule has 0 bridgehead atoms. The summed E-state index contributed by atoms with van der Waals surface area (Å²) in [4.78, 5) is 17.7. The van der Waals surface area contributed by atoms with E-state index in [2.05, 4.69) is 22.2 Å². The van der Waals surface area contributed by atoms with E-state index in [1.807, 2.05) is 0 Å². The lowest BCUT2D eigenvalue weighted by atomic mass is 10.0. The summed E-state index contributed by atoms with van der Waals surface area (Å²) in [5.41, 5.74) is 1.38. The Labute approximate surface area is 122 Å². The molecule has 1 aromatic heterocycles. The van der Waals surface area contributed by atoms with Crippen LogP contribution in [0.4, 0.5) is 11.6 Å². The molecule has 0 spiro atoms. The van der Waals surface area contributed by atoms with Crippen LogP contribution in [0.25, 0.3) is 11.0 Å². The van der Waals surface area contributed by atoms with Crippen molar-refractivity contribution in [2.24, 2.45) is 5.92 Å². The van der Waals surface area contributed by atoms with Gasteiger partial charge in [0, 0.05) is 25.3 Å². The summed E-state index contributed by atoms with van der Waals surface area (Å²) in [5.74, 6) is 0.993. The van der Waals surface area contributed by atoms with E-state index in [0.29, 0.717) is 22.9 Å². The van der Waals surface area contributed by atoms with Crippen LogP contribution in [0.3, 0.4) is 0 Å². The number of nitro benzene ring substituents is 1. The lowest BCUT2D eigenvalue weighted by Gasteiger charge is -2.14. The molecule has 0 saturated heterocycles. The normalized spacial score (nSPS) is 12.5. The van der Waals surface area contributed by atoms with E-state index < -0.39 is 4.92 Å². The number of rotatable bonds is 8. The second-order valence-corrected chi connectivity index (χ2v) is 5.09. The zero-order chi connectivity index (χ0) is 15.2. The fourth-order valence-electron chi connectivity index (χ4n) is 2.38. The molecule has 2 rings (SSSR count). The number of benzene rings is 1. The number of hydrogen-bond donors (Lipinski definition) is 3. The zero-order valence-electron chi connectivity index (χ0n) is 12.0. The van der Waals surface area contributed by atoms with E-state index in [-0.39, 0.29) is 12.3 Å². The smallest absolute Gasteiger partial charge is 0.271 e. The van der Waals surface area contributed by atoms with Gasteiger partial charge in [-0.25, -0.2) is 4.98 Å². The van der Waals surface area contributed by atoms with Crippen LogP contribution in [-0.4, -0.2) is 33.1 Å². The van der Waals surface area contributed by atoms with Crippen LogP contribution < -0.4 is 5.32 Å². The molecule has 2 aromatic rings. The first-order chi connectivity index (χ1) is 10.1. The van der Waals surface area contributed by atoms with Crippen molar-refractivity contribution in [3.63, 3.8) is 0 Å². The third-order valence-corrected chi connectivity index (χ3v) is 3.47. The number of nitrogens with zero attached hydrogens (tertiary/aromatic N) is 2. The van der Waals surface area contributed by atoms with Crippen LogP contribution in [0.1, 0.15) is 26.2 Å². The number of H-pyrrole nitrogens is 1. The van der Waals surface area contributed by atoms with Crippen molar-refractivity contribution in [2.75, 3.05) is 18.5 Å². The highest BCUT2D eigenvalue weighted by Gasteiger charge is 2.11. The van der Waals surface area contributed by atoms with E-state index in [9.17, 15) is 10.1 Å². The number of non-ortho nitro benzene ring substituents is 1. The summed E-state index contributed by atoms with van der Waals surface area (Å²) in [6, 6.07) is 4.55. The largest absolute Gasteiger partial charge is 0.396 e. The Morgan fingerprint density at radius 2 is 2.29 bits per heavy atom. The number of anilines is 1. The molecule has 1 atom stereocenters. The lowest BCUT2D eigenvalue weighted by Crippen LogP contribution is -2.16. The lowest BCUT2D eigenvalue weighted by molar-refractivity contribution is -0.384. The number of nitro groups is 1. The van der Waals surface area contributed by atoms with Gasteiger partial charge in [0.1, 0.15) is 0 Å². The Morgan fingerprint density at radius 1 is 1.48 bits per heavy atom. The average Bonchev–Trinajstić information content (AvgIpc) is 2.87. The van der Waals surface area contributed by atoms with E-state index in [4.69, 9.17) is 5.11 Å². The van der Waals surface area contributed by atoms with E-state index >= 15 is 0 Å². The number of aliphatic hydroxyl groups excluding tert-OH is 1. The summed E-state index contributed by atoms with van der Waals surface area (Å²) in [7, 11) is 0. The van der Waals surface area contributed by atoms with E-state index in [1.165, 1.54) is 12.1 Å². The Hall–Kier alpha value is -2.15. The van der Waals surface area contributed by atoms with Gasteiger partial charge in [-0.15, -0.1) is 0 Å². The highest BCUT2D eigenvalue weighted by molar-refractivity contribution is 5.79. The second kappa shape index (κ2) is 7.03. The minimum Gasteiger partial charge on any atom is -0.396 e. The molecule has 1 aromatic carbocycles. The van der Waals surface area contributed by atoms with Gasteiger partial charge in [-0.1, -0.05) is 13.3 Å². The van der Waals surface area contributed by atoms with Gasteiger partial charge < -0.3 is 15.4 Å². The molecular formula is C14H20N4O3. The van der Waals surface area contributed by atoms with Crippen molar-refractivity contribution >= 4 is 22.7 Å². The summed E-state index contributed by atoms with van der Waals surface area (Å²) < 4.78 is 0. The number of fused-ring (bicyclic) bond motifs is 1. The molecule has 0 fully saturated rings. The Kier molecular flexibility index (Phi) is 5.10. The molecule has 1 unspecified atom stereocenters. The minimum absolute atomic E-state index is 0.0434. The first-order valence-corrected chi connectivity index (χ1v) is 7.13. The SMILES string of the molecule is CCCC(CCO)CNc1nc2ccc([N+](=O)[O-])cc2[nH]1. The van der Waals surface area contributed by atoms with Crippen LogP contribution in [0.2, 0.25) is 0 Å². The van der Waals surface area contributed by atoms with Crippen molar-refractivity contribution < 1.29 is 10.0 Å². The molecule has 0 aliphatic rings. The number of nitrogens with one attached hydrogen (secondary N) is 2. The van der Waals surface area contributed by atoms with Gasteiger partial charge in [0.25, 0.3) is 5.69 Å². The monoisotopic (exact) mass is 292 g/mol. The van der Waals surface area contributed by atoms with Crippen LogP contribution in [0.5, 0.6) is 0 Å². The van der Waals surface area contributed by atoms with Gasteiger partial charge in [-0.2, -0.15) is 0 Å². The number of hydrogen-bond acceptors (Lipinski definition) is 5. The summed E-state index contributed by atoms with van der Waals surface area (Å²) >= 11 is 0. The minimum atomic E-state index is -0.425. The first-order valence-electron chi connectivity index (χ1n) is 7.13. The quantitative estimate of drug-likeness (QED) is 0.512. The molecule has 0 aliphatic heterocycles. The molecule has 0 amide bonds. The van der Waals surface area contributed by atoms with Crippen LogP contribution in [-0.2, 0) is 0 Å². The molecule has 7 heteroatoms. The molecule has 0 aliphatic carbocycles. The van der Waals surface area contributed by atoms with Gasteiger partial charge >= 0.3 is 0 Å². The standard InChI is InChI=1S/C14H20N4O3/c1-2-3-10(6-7-19)9-15-14-16-12-5-4-11(18(20)21)8-13(12)17-14/h4-5,8,10,19H,2-3,6-7,9H2,1H3,(H2,15,16,17). The number of aliphatic hydroxyl groups is 1. The van der Waals surface area contributed by atoms with Crippen LogP contribution >= 0.6 is 0 Å². The molecule has 1 heterocycles. The van der Waals surface area contributed by atoms with Gasteiger partial charge in [0.05, 0.1) is 16.0 Å². The van der Waals surface area contributed by atoms with Crippen LogP contribution in [0, 0.1) is 16.0 Å². The second-order valence-electron chi connectivity index (χ2n) is 5.09. The first kappa shape index (κ1) is 15.2. The van der Waals surface area contributed by atoms with Gasteiger partial charge in [-0.3, -0.25) is 10.1 Å². The van der Waals surface area contributed by atoms with Crippen molar-refractivity contribution in [1.29, 1.82) is 0 Å². The molecule has 7 nitrogen and oxygen atoms in total. The third-order valence-electron chi connectivity index (χ3n) is 3.47. The topological polar surface area (TPSA) is 104 Å². The van der Waals surface area contributed by atoms with Gasteiger partial charge in [0.15, 0.2) is 0 Å². The summed E-state index contributed by atoms with van der Waals surface area (Å²) in [6.45, 7) is 3.01. The predicted octanol–water partition coefficient (Wildman–Crippen LogP) is 2.68. The molecular weight excluding hydrogens is 272 g/mol. The van der Waals surface area contributed by atoms with E-state index in [0.717, 1.165) is 25.8 Å². The van der Waals surface area contributed by atoms with Gasteiger partial charge in [-0.05, 0) is 24.8 Å².